The molecule has 1 aromatic rings. The predicted octanol–water partition coefficient (Wildman–Crippen LogP) is 3.02. The average Bonchev–Trinajstić information content (AvgIpc) is 2.36. The minimum atomic E-state index is -2.62. The fourth-order valence-corrected chi connectivity index (χ4v) is 2.32. The molecule has 96 valence electrons. The minimum absolute atomic E-state index is 0.156. The summed E-state index contributed by atoms with van der Waals surface area (Å²) >= 11 is 0. The van der Waals surface area contributed by atoms with E-state index in [0.29, 0.717) is 0 Å². The summed E-state index contributed by atoms with van der Waals surface area (Å²) in [6.07, 6.45) is -0.00261. The first kappa shape index (κ1) is 12.7. The van der Waals surface area contributed by atoms with Crippen LogP contribution in [0.1, 0.15) is 29.5 Å². The highest BCUT2D eigenvalue weighted by Crippen LogP contribution is 2.33. The van der Waals surface area contributed by atoms with Gasteiger partial charge in [0.05, 0.1) is 5.71 Å². The number of nitrogens with one attached hydrogen (secondary N) is 2. The lowest BCUT2D eigenvalue weighted by molar-refractivity contribution is 0.151. The van der Waals surface area contributed by atoms with Gasteiger partial charge in [-0.25, -0.2) is 8.78 Å². The Morgan fingerprint density at radius 2 is 2.17 bits per heavy atom. The molecule has 5 heteroatoms. The van der Waals surface area contributed by atoms with Crippen LogP contribution in [0.2, 0.25) is 0 Å². The molecule has 0 fully saturated rings. The van der Waals surface area contributed by atoms with Crippen molar-refractivity contribution in [3.05, 3.63) is 28.8 Å². The predicted molar refractivity (Wildman–Crippen MR) is 68.6 cm³/mol. The van der Waals surface area contributed by atoms with Gasteiger partial charge in [0, 0.05) is 36.6 Å². The number of rotatable bonds is 3. The van der Waals surface area contributed by atoms with Crippen molar-refractivity contribution < 1.29 is 8.78 Å². The molecular formula is C13H15F2N3. The van der Waals surface area contributed by atoms with Gasteiger partial charge in [-0.3, -0.25) is 5.41 Å². The van der Waals surface area contributed by atoms with Crippen molar-refractivity contribution in [3.63, 3.8) is 0 Å². The van der Waals surface area contributed by atoms with Crippen molar-refractivity contribution in [3.8, 4) is 0 Å². The van der Waals surface area contributed by atoms with Gasteiger partial charge in [0.2, 0.25) is 0 Å². The molecule has 0 saturated heterocycles. The second kappa shape index (κ2) is 4.84. The number of benzene rings is 1. The maximum atomic E-state index is 13.0. The Morgan fingerprint density at radius 1 is 1.44 bits per heavy atom. The van der Waals surface area contributed by atoms with Crippen LogP contribution < -0.4 is 4.90 Å². The number of halogens is 2. The van der Waals surface area contributed by atoms with E-state index in [1.807, 2.05) is 11.9 Å². The third kappa shape index (κ3) is 2.12. The first-order chi connectivity index (χ1) is 8.54. The number of hydrogen-bond acceptors (Lipinski definition) is 3. The van der Waals surface area contributed by atoms with Crippen LogP contribution in [-0.2, 0) is 6.42 Å². The standard InChI is InChI=1S/C13H15F2N3/c1-18-4-2-3-8-5-9(11(17)7-16)10(13(14)15)6-12(8)18/h5-7,13,16-17H,2-4H2,1H3. The Kier molecular flexibility index (Phi) is 3.41. The molecule has 3 nitrogen and oxygen atoms in total. The third-order valence-electron chi connectivity index (χ3n) is 3.27. The molecule has 0 spiro atoms. The van der Waals surface area contributed by atoms with E-state index in [1.54, 1.807) is 6.07 Å². The molecule has 1 aliphatic heterocycles. The lowest BCUT2D eigenvalue weighted by Gasteiger charge is -2.29. The smallest absolute Gasteiger partial charge is 0.264 e. The number of nitrogens with zero attached hydrogens (tertiary/aromatic N) is 1. The van der Waals surface area contributed by atoms with E-state index in [2.05, 4.69) is 0 Å². The summed E-state index contributed by atoms with van der Waals surface area (Å²) < 4.78 is 26.1. The summed E-state index contributed by atoms with van der Waals surface area (Å²) in [4.78, 5) is 1.96. The van der Waals surface area contributed by atoms with Crippen LogP contribution >= 0.6 is 0 Å². The molecule has 0 saturated carbocycles. The maximum absolute atomic E-state index is 13.0. The lowest BCUT2D eigenvalue weighted by Crippen LogP contribution is -2.25. The topological polar surface area (TPSA) is 50.9 Å². The van der Waals surface area contributed by atoms with E-state index in [9.17, 15) is 8.78 Å². The molecular weight excluding hydrogens is 236 g/mol. The highest BCUT2D eigenvalue weighted by molar-refractivity contribution is 6.36. The van der Waals surface area contributed by atoms with E-state index >= 15 is 0 Å². The van der Waals surface area contributed by atoms with Crippen molar-refractivity contribution in [1.29, 1.82) is 10.8 Å². The van der Waals surface area contributed by atoms with Crippen LogP contribution in [0.3, 0.4) is 0 Å². The van der Waals surface area contributed by atoms with Crippen molar-refractivity contribution >= 4 is 17.6 Å². The number of fused-ring (bicyclic) bond motifs is 1. The Balaban J connectivity index is 2.59. The van der Waals surface area contributed by atoms with Gasteiger partial charge in [-0.2, -0.15) is 0 Å². The molecule has 0 amide bonds. The number of alkyl halides is 2. The second-order valence-corrected chi connectivity index (χ2v) is 4.45. The van der Waals surface area contributed by atoms with Gasteiger partial charge >= 0.3 is 0 Å². The largest absolute Gasteiger partial charge is 0.374 e. The highest BCUT2D eigenvalue weighted by atomic mass is 19.3. The molecule has 0 unspecified atom stereocenters. The molecule has 0 radical (unpaired) electrons. The van der Waals surface area contributed by atoms with Crippen molar-refractivity contribution in [1.82, 2.24) is 0 Å². The van der Waals surface area contributed by atoms with Crippen molar-refractivity contribution in [2.75, 3.05) is 18.5 Å². The van der Waals surface area contributed by atoms with Crippen LogP contribution in [-0.4, -0.2) is 25.5 Å². The number of aryl methyl sites for hydroxylation is 1. The van der Waals surface area contributed by atoms with Crippen LogP contribution in [0.25, 0.3) is 0 Å². The zero-order valence-corrected chi connectivity index (χ0v) is 10.1. The first-order valence-electron chi connectivity index (χ1n) is 5.80. The Bertz CT molecular complexity index is 497. The Hall–Kier alpha value is -1.78. The molecule has 0 aromatic heterocycles. The van der Waals surface area contributed by atoms with E-state index in [1.165, 1.54) is 6.07 Å². The molecule has 0 atom stereocenters. The summed E-state index contributed by atoms with van der Waals surface area (Å²) in [6.45, 7) is 0.858. The molecule has 18 heavy (non-hydrogen) atoms. The normalized spacial score (nSPS) is 14.6. The Morgan fingerprint density at radius 3 is 2.78 bits per heavy atom. The fourth-order valence-electron chi connectivity index (χ4n) is 2.32. The summed E-state index contributed by atoms with van der Waals surface area (Å²) in [5, 5.41) is 14.6. The lowest BCUT2D eigenvalue weighted by atomic mass is 9.94. The van der Waals surface area contributed by atoms with Gasteiger partial charge in [-0.15, -0.1) is 0 Å². The molecule has 1 aliphatic rings. The summed E-state index contributed by atoms with van der Waals surface area (Å²) in [5.74, 6) is 0. The van der Waals surface area contributed by atoms with E-state index in [4.69, 9.17) is 10.8 Å². The van der Waals surface area contributed by atoms with Gasteiger partial charge < -0.3 is 10.3 Å². The molecule has 0 aliphatic carbocycles. The van der Waals surface area contributed by atoms with Crippen molar-refractivity contribution in [2.45, 2.75) is 19.3 Å². The molecule has 2 N–H and O–H groups in total. The van der Waals surface area contributed by atoms with Gasteiger partial charge in [-0.1, -0.05) is 0 Å². The zero-order chi connectivity index (χ0) is 13.3. The van der Waals surface area contributed by atoms with Crippen LogP contribution in [0.15, 0.2) is 12.1 Å². The number of hydrogen-bond donors (Lipinski definition) is 2. The third-order valence-corrected chi connectivity index (χ3v) is 3.27. The van der Waals surface area contributed by atoms with Crippen LogP contribution in [0, 0.1) is 10.8 Å². The van der Waals surface area contributed by atoms with Gasteiger partial charge in [0.15, 0.2) is 0 Å². The molecule has 0 bridgehead atoms. The minimum Gasteiger partial charge on any atom is -0.374 e. The summed E-state index contributed by atoms with van der Waals surface area (Å²) in [5.41, 5.74) is 1.65. The van der Waals surface area contributed by atoms with Gasteiger partial charge in [0.25, 0.3) is 6.43 Å². The van der Waals surface area contributed by atoms with Gasteiger partial charge in [-0.05, 0) is 30.5 Å². The quantitative estimate of drug-likeness (QED) is 0.797. The Labute approximate surface area is 104 Å². The van der Waals surface area contributed by atoms with E-state index in [0.717, 1.165) is 36.9 Å². The van der Waals surface area contributed by atoms with E-state index < -0.39 is 6.43 Å². The fraction of sp³-hybridized carbons (Fsp3) is 0.385. The van der Waals surface area contributed by atoms with E-state index in [-0.39, 0.29) is 16.8 Å². The summed E-state index contributed by atoms with van der Waals surface area (Å²) in [7, 11) is 1.88. The SMILES string of the molecule is CN1CCCc2cc(C(=N)C=N)c(C(F)F)cc21. The van der Waals surface area contributed by atoms with Crippen molar-refractivity contribution in [2.24, 2.45) is 0 Å². The average molecular weight is 251 g/mol. The molecule has 2 rings (SSSR count). The first-order valence-corrected chi connectivity index (χ1v) is 5.80. The highest BCUT2D eigenvalue weighted by Gasteiger charge is 2.22. The maximum Gasteiger partial charge on any atom is 0.264 e. The zero-order valence-electron chi connectivity index (χ0n) is 10.1. The molecule has 1 heterocycles. The van der Waals surface area contributed by atoms with Crippen LogP contribution in [0.4, 0.5) is 14.5 Å². The van der Waals surface area contributed by atoms with Gasteiger partial charge in [0.1, 0.15) is 0 Å². The monoisotopic (exact) mass is 251 g/mol. The second-order valence-electron chi connectivity index (χ2n) is 4.45. The van der Waals surface area contributed by atoms with Crippen LogP contribution in [0.5, 0.6) is 0 Å². The summed E-state index contributed by atoms with van der Waals surface area (Å²) in [6, 6.07) is 3.10. The molecule has 1 aromatic carbocycles. The number of anilines is 1.